The van der Waals surface area contributed by atoms with Crippen LogP contribution in [0.4, 0.5) is 5.82 Å². The van der Waals surface area contributed by atoms with Crippen LogP contribution >= 0.6 is 11.6 Å². The first-order valence-electron chi connectivity index (χ1n) is 5.95. The Morgan fingerprint density at radius 2 is 2.00 bits per heavy atom. The highest BCUT2D eigenvalue weighted by Crippen LogP contribution is 2.14. The van der Waals surface area contributed by atoms with E-state index in [0.29, 0.717) is 11.0 Å². The van der Waals surface area contributed by atoms with Gasteiger partial charge in [-0.05, 0) is 12.1 Å². The number of amides is 1. The highest BCUT2D eigenvalue weighted by atomic mass is 35.5. The molecule has 0 saturated heterocycles. The van der Waals surface area contributed by atoms with Crippen molar-refractivity contribution in [2.75, 3.05) is 5.32 Å². The first-order chi connectivity index (χ1) is 10.1. The number of nitrogens with zero attached hydrogens (tertiary/aromatic N) is 2. The normalized spacial score (nSPS) is 10.5. The third-order valence-electron chi connectivity index (χ3n) is 2.73. The van der Waals surface area contributed by atoms with Gasteiger partial charge in [0.1, 0.15) is 22.9 Å². The molecule has 0 spiro atoms. The molecule has 0 atom stereocenters. The van der Waals surface area contributed by atoms with E-state index in [-0.39, 0.29) is 22.2 Å². The zero-order valence-corrected chi connectivity index (χ0v) is 11.3. The Hall–Kier alpha value is -2.73. The number of carbonyl (C=O) groups is 1. The molecule has 0 radical (unpaired) electrons. The lowest BCUT2D eigenvalue weighted by Gasteiger charge is -2.04. The molecule has 0 unspecified atom stereocenters. The largest absolute Gasteiger partial charge is 0.451 e. The van der Waals surface area contributed by atoms with Gasteiger partial charge in [0, 0.05) is 12.1 Å². The van der Waals surface area contributed by atoms with Gasteiger partial charge < -0.3 is 9.73 Å². The molecule has 3 rings (SSSR count). The number of benzene rings is 1. The van der Waals surface area contributed by atoms with Gasteiger partial charge >= 0.3 is 0 Å². The predicted molar refractivity (Wildman–Crippen MR) is 77.5 cm³/mol. The summed E-state index contributed by atoms with van der Waals surface area (Å²) in [5, 5.41) is 3.09. The fourth-order valence-electron chi connectivity index (χ4n) is 1.80. The van der Waals surface area contributed by atoms with E-state index in [0.717, 1.165) is 6.07 Å². The number of rotatable bonds is 2. The van der Waals surface area contributed by atoms with E-state index in [1.807, 2.05) is 0 Å². The quantitative estimate of drug-likeness (QED) is 0.735. The standard InChI is InChI=1S/C14H8ClN3O3/c15-12-6-13(17-7-16-12)18-14(20)11-5-9(19)8-3-1-2-4-10(8)21-11/h1-7H,(H,16,17,18,20). The molecule has 2 heterocycles. The van der Waals surface area contributed by atoms with Crippen molar-refractivity contribution in [3.05, 3.63) is 63.9 Å². The number of fused-ring (bicyclic) bond motifs is 1. The predicted octanol–water partition coefficient (Wildman–Crippen LogP) is 2.49. The number of nitrogens with one attached hydrogen (secondary N) is 1. The lowest BCUT2D eigenvalue weighted by atomic mass is 10.2. The van der Waals surface area contributed by atoms with Crippen molar-refractivity contribution in [2.45, 2.75) is 0 Å². The summed E-state index contributed by atoms with van der Waals surface area (Å²) in [4.78, 5) is 31.5. The molecular formula is C14H8ClN3O3. The SMILES string of the molecule is O=C(Nc1cc(Cl)ncn1)c1cc(=O)c2ccccc2o1. The molecule has 1 amide bonds. The zero-order valence-electron chi connectivity index (χ0n) is 10.5. The molecule has 21 heavy (non-hydrogen) atoms. The van der Waals surface area contributed by atoms with E-state index < -0.39 is 5.91 Å². The molecule has 0 aliphatic rings. The molecule has 0 bridgehead atoms. The van der Waals surface area contributed by atoms with Gasteiger partial charge in [-0.1, -0.05) is 23.7 Å². The average Bonchev–Trinajstić information content (AvgIpc) is 2.47. The number of hydrogen-bond acceptors (Lipinski definition) is 5. The van der Waals surface area contributed by atoms with E-state index in [4.69, 9.17) is 16.0 Å². The Balaban J connectivity index is 1.96. The highest BCUT2D eigenvalue weighted by molar-refractivity contribution is 6.29. The number of para-hydroxylation sites is 1. The van der Waals surface area contributed by atoms with Crippen LogP contribution in [0.5, 0.6) is 0 Å². The molecule has 0 saturated carbocycles. The molecule has 3 aromatic rings. The summed E-state index contributed by atoms with van der Waals surface area (Å²) >= 11 is 5.70. The van der Waals surface area contributed by atoms with Gasteiger partial charge in [-0.2, -0.15) is 0 Å². The molecule has 104 valence electrons. The summed E-state index contributed by atoms with van der Waals surface area (Å²) in [7, 11) is 0. The number of hydrogen-bond donors (Lipinski definition) is 1. The molecule has 0 aliphatic carbocycles. The van der Waals surface area contributed by atoms with Gasteiger partial charge in [0.05, 0.1) is 5.39 Å². The Morgan fingerprint density at radius 1 is 1.19 bits per heavy atom. The second kappa shape index (κ2) is 5.34. The van der Waals surface area contributed by atoms with E-state index >= 15 is 0 Å². The van der Waals surface area contributed by atoms with Crippen LogP contribution in [0, 0.1) is 0 Å². The lowest BCUT2D eigenvalue weighted by molar-refractivity contribution is 0.0997. The molecule has 0 fully saturated rings. The fraction of sp³-hybridized carbons (Fsp3) is 0. The van der Waals surface area contributed by atoms with E-state index in [1.54, 1.807) is 24.3 Å². The minimum absolute atomic E-state index is 0.103. The summed E-state index contributed by atoms with van der Waals surface area (Å²) in [6.45, 7) is 0. The minimum Gasteiger partial charge on any atom is -0.451 e. The van der Waals surface area contributed by atoms with Gasteiger partial charge in [0.15, 0.2) is 11.2 Å². The third-order valence-corrected chi connectivity index (χ3v) is 2.94. The van der Waals surface area contributed by atoms with Crippen molar-refractivity contribution < 1.29 is 9.21 Å². The molecule has 0 aliphatic heterocycles. The van der Waals surface area contributed by atoms with Crippen molar-refractivity contribution in [3.8, 4) is 0 Å². The van der Waals surface area contributed by atoms with E-state index in [2.05, 4.69) is 15.3 Å². The summed E-state index contributed by atoms with van der Waals surface area (Å²) in [6, 6.07) is 9.22. The van der Waals surface area contributed by atoms with E-state index in [1.165, 1.54) is 12.4 Å². The summed E-state index contributed by atoms with van der Waals surface area (Å²) in [5.74, 6) is -0.475. The molecule has 1 aromatic carbocycles. The van der Waals surface area contributed by atoms with Crippen LogP contribution in [0.3, 0.4) is 0 Å². The lowest BCUT2D eigenvalue weighted by Crippen LogP contribution is -2.15. The Morgan fingerprint density at radius 3 is 2.81 bits per heavy atom. The van der Waals surface area contributed by atoms with Gasteiger partial charge in [-0.25, -0.2) is 9.97 Å². The summed E-state index contributed by atoms with van der Waals surface area (Å²) < 4.78 is 5.42. The molecular weight excluding hydrogens is 294 g/mol. The van der Waals surface area contributed by atoms with Crippen molar-refractivity contribution in [2.24, 2.45) is 0 Å². The molecule has 6 nitrogen and oxygen atoms in total. The molecule has 7 heteroatoms. The first kappa shape index (κ1) is 13.3. The van der Waals surface area contributed by atoms with Crippen LogP contribution in [0.2, 0.25) is 5.15 Å². The van der Waals surface area contributed by atoms with Crippen molar-refractivity contribution in [1.82, 2.24) is 9.97 Å². The smallest absolute Gasteiger partial charge is 0.292 e. The second-order valence-corrected chi connectivity index (χ2v) is 4.54. The average molecular weight is 302 g/mol. The summed E-state index contributed by atoms with van der Waals surface area (Å²) in [6.07, 6.45) is 1.22. The van der Waals surface area contributed by atoms with E-state index in [9.17, 15) is 9.59 Å². The zero-order chi connectivity index (χ0) is 14.8. The Kier molecular flexibility index (Phi) is 3.37. The Bertz CT molecular complexity index is 892. The van der Waals surface area contributed by atoms with Crippen LogP contribution < -0.4 is 10.7 Å². The number of halogens is 1. The van der Waals surface area contributed by atoms with Crippen LogP contribution in [-0.2, 0) is 0 Å². The highest BCUT2D eigenvalue weighted by Gasteiger charge is 2.13. The first-order valence-corrected chi connectivity index (χ1v) is 6.33. The molecule has 1 N–H and O–H groups in total. The third kappa shape index (κ3) is 2.75. The van der Waals surface area contributed by atoms with Crippen LogP contribution in [0.25, 0.3) is 11.0 Å². The Labute approximate surface area is 123 Å². The number of carbonyl (C=O) groups excluding carboxylic acids is 1. The maximum absolute atomic E-state index is 12.1. The number of anilines is 1. The molecule has 2 aromatic heterocycles. The maximum atomic E-state index is 12.1. The van der Waals surface area contributed by atoms with Crippen molar-refractivity contribution in [1.29, 1.82) is 0 Å². The topological polar surface area (TPSA) is 85.1 Å². The monoisotopic (exact) mass is 301 g/mol. The van der Waals surface area contributed by atoms with Gasteiger partial charge in [-0.3, -0.25) is 9.59 Å². The van der Waals surface area contributed by atoms with Gasteiger partial charge in [0.25, 0.3) is 5.91 Å². The second-order valence-electron chi connectivity index (χ2n) is 4.15. The van der Waals surface area contributed by atoms with Crippen molar-refractivity contribution >= 4 is 34.3 Å². The van der Waals surface area contributed by atoms with Crippen LogP contribution in [0.15, 0.2) is 51.9 Å². The number of aromatic nitrogens is 2. The van der Waals surface area contributed by atoms with Gasteiger partial charge in [0.2, 0.25) is 0 Å². The van der Waals surface area contributed by atoms with Crippen LogP contribution in [-0.4, -0.2) is 15.9 Å². The van der Waals surface area contributed by atoms with Gasteiger partial charge in [-0.15, -0.1) is 0 Å². The maximum Gasteiger partial charge on any atom is 0.292 e. The van der Waals surface area contributed by atoms with Crippen LogP contribution in [0.1, 0.15) is 10.6 Å². The van der Waals surface area contributed by atoms with Crippen molar-refractivity contribution in [3.63, 3.8) is 0 Å². The summed E-state index contributed by atoms with van der Waals surface area (Å²) in [5.41, 5.74) is 0.0542. The fourth-order valence-corrected chi connectivity index (χ4v) is 1.94. The minimum atomic E-state index is -0.590.